The summed E-state index contributed by atoms with van der Waals surface area (Å²) in [5, 5.41) is 11.6. The van der Waals surface area contributed by atoms with E-state index in [2.05, 4.69) is 5.32 Å². The van der Waals surface area contributed by atoms with Gasteiger partial charge in [-0.2, -0.15) is 0 Å². The van der Waals surface area contributed by atoms with Crippen molar-refractivity contribution in [2.45, 2.75) is 31.8 Å². The van der Waals surface area contributed by atoms with Gasteiger partial charge in [-0.1, -0.05) is 12.8 Å². The lowest BCUT2D eigenvalue weighted by atomic mass is 10.2. The highest BCUT2D eigenvalue weighted by atomic mass is 19.1. The number of ether oxygens (including phenoxy) is 1. The molecular weight excluding hydrogens is 277 g/mol. The molecule has 2 N–H and O–H groups in total. The van der Waals surface area contributed by atoms with Gasteiger partial charge in [-0.3, -0.25) is 4.79 Å². The zero-order chi connectivity index (χ0) is 15.2. The number of nitrogens with one attached hydrogen (secondary N) is 1. The monoisotopic (exact) mass is 295 g/mol. The minimum atomic E-state index is -1.19. The second-order valence-corrected chi connectivity index (χ2v) is 5.18. The molecule has 1 unspecified atom stereocenters. The summed E-state index contributed by atoms with van der Waals surface area (Å²) in [7, 11) is 0. The van der Waals surface area contributed by atoms with E-state index in [9.17, 15) is 14.0 Å². The summed E-state index contributed by atoms with van der Waals surface area (Å²) >= 11 is 0. The molecule has 1 aliphatic carbocycles. The highest BCUT2D eigenvalue weighted by Gasteiger charge is 2.23. The lowest BCUT2D eigenvalue weighted by Gasteiger charge is -2.15. The highest BCUT2D eigenvalue weighted by Crippen LogP contribution is 2.33. The number of carbonyl (C=O) groups excluding carboxylic acids is 1. The van der Waals surface area contributed by atoms with Crippen molar-refractivity contribution in [3.63, 3.8) is 0 Å². The van der Waals surface area contributed by atoms with E-state index in [1.54, 1.807) is 0 Å². The molecule has 0 spiro atoms. The standard InChI is InChI=1S/C15H18FNO4/c16-11-4-6-12(7-5-11)21-13(15(19)20)9-17-14(18)8-3-10-1-2-10/h4-7,10,13H,1-3,8-9H2,(H,17,18)(H,19,20). The van der Waals surface area contributed by atoms with E-state index in [-0.39, 0.29) is 18.2 Å². The number of carboxylic acids is 1. The molecular formula is C15H18FNO4. The van der Waals surface area contributed by atoms with Crippen LogP contribution in [0, 0.1) is 11.7 Å². The molecule has 0 radical (unpaired) electrons. The van der Waals surface area contributed by atoms with Crippen molar-refractivity contribution in [1.29, 1.82) is 0 Å². The van der Waals surface area contributed by atoms with Crippen LogP contribution < -0.4 is 10.1 Å². The van der Waals surface area contributed by atoms with Crippen molar-refractivity contribution in [2.75, 3.05) is 6.54 Å². The Hall–Kier alpha value is -2.11. The normalized spacial score (nSPS) is 15.3. The maximum absolute atomic E-state index is 12.8. The minimum absolute atomic E-state index is 0.115. The molecule has 1 amide bonds. The van der Waals surface area contributed by atoms with Crippen molar-refractivity contribution >= 4 is 11.9 Å². The Labute approximate surface area is 122 Å². The maximum Gasteiger partial charge on any atom is 0.346 e. The van der Waals surface area contributed by atoms with E-state index in [1.165, 1.54) is 37.1 Å². The Bertz CT molecular complexity index is 499. The van der Waals surface area contributed by atoms with Crippen molar-refractivity contribution in [2.24, 2.45) is 5.92 Å². The van der Waals surface area contributed by atoms with Gasteiger partial charge in [-0.15, -0.1) is 0 Å². The number of carboxylic acid groups (broad SMARTS) is 1. The molecule has 0 bridgehead atoms. The summed E-state index contributed by atoms with van der Waals surface area (Å²) in [6.07, 6.45) is 2.42. The number of halogens is 1. The lowest BCUT2D eigenvalue weighted by molar-refractivity contribution is -0.145. The van der Waals surface area contributed by atoms with E-state index >= 15 is 0 Å². The van der Waals surface area contributed by atoms with Crippen molar-refractivity contribution in [3.8, 4) is 5.75 Å². The number of carbonyl (C=O) groups is 2. The fraction of sp³-hybridized carbons (Fsp3) is 0.467. The Kier molecular flexibility index (Phi) is 5.14. The van der Waals surface area contributed by atoms with Crippen LogP contribution in [0.2, 0.25) is 0 Å². The average molecular weight is 295 g/mol. The predicted octanol–water partition coefficient (Wildman–Crippen LogP) is 1.96. The minimum Gasteiger partial charge on any atom is -0.478 e. The third-order valence-electron chi connectivity index (χ3n) is 3.33. The van der Waals surface area contributed by atoms with Gasteiger partial charge in [0, 0.05) is 6.42 Å². The van der Waals surface area contributed by atoms with Crippen LogP contribution >= 0.6 is 0 Å². The summed E-state index contributed by atoms with van der Waals surface area (Å²) < 4.78 is 18.0. The number of amides is 1. The number of rotatable bonds is 8. The average Bonchev–Trinajstić information content (AvgIpc) is 3.27. The molecule has 5 nitrogen and oxygen atoms in total. The van der Waals surface area contributed by atoms with E-state index in [4.69, 9.17) is 9.84 Å². The van der Waals surface area contributed by atoms with Crippen LogP contribution in [0.1, 0.15) is 25.7 Å². The van der Waals surface area contributed by atoms with Gasteiger partial charge < -0.3 is 15.2 Å². The number of benzene rings is 1. The zero-order valence-corrected chi connectivity index (χ0v) is 11.5. The zero-order valence-electron chi connectivity index (χ0n) is 11.5. The number of hydrogen-bond acceptors (Lipinski definition) is 3. The molecule has 6 heteroatoms. The third kappa shape index (κ3) is 5.41. The van der Waals surface area contributed by atoms with Crippen LogP contribution in [0.5, 0.6) is 5.75 Å². The second-order valence-electron chi connectivity index (χ2n) is 5.18. The molecule has 21 heavy (non-hydrogen) atoms. The summed E-state index contributed by atoms with van der Waals surface area (Å²) in [5.74, 6) is -0.877. The summed E-state index contributed by atoms with van der Waals surface area (Å²) in [4.78, 5) is 22.7. The molecule has 1 aromatic carbocycles. The van der Waals surface area contributed by atoms with Crippen LogP contribution in [0.25, 0.3) is 0 Å². The summed E-state index contributed by atoms with van der Waals surface area (Å²) in [5.41, 5.74) is 0. The van der Waals surface area contributed by atoms with Crippen LogP contribution in [-0.2, 0) is 9.59 Å². The second kappa shape index (κ2) is 7.06. The van der Waals surface area contributed by atoms with Gasteiger partial charge >= 0.3 is 5.97 Å². The first-order valence-corrected chi connectivity index (χ1v) is 6.96. The molecule has 0 heterocycles. The Morgan fingerprint density at radius 3 is 2.57 bits per heavy atom. The van der Waals surface area contributed by atoms with Gasteiger partial charge in [0.1, 0.15) is 11.6 Å². The first-order chi connectivity index (χ1) is 10.0. The number of hydrogen-bond donors (Lipinski definition) is 2. The Morgan fingerprint density at radius 1 is 1.33 bits per heavy atom. The molecule has 2 rings (SSSR count). The maximum atomic E-state index is 12.8. The molecule has 0 aliphatic heterocycles. The van der Waals surface area contributed by atoms with Gasteiger partial charge in [0.05, 0.1) is 6.54 Å². The van der Waals surface area contributed by atoms with Crippen LogP contribution in [0.15, 0.2) is 24.3 Å². The molecule has 0 saturated heterocycles. The quantitative estimate of drug-likeness (QED) is 0.769. The van der Waals surface area contributed by atoms with Crippen LogP contribution in [0.4, 0.5) is 4.39 Å². The first kappa shape index (κ1) is 15.3. The van der Waals surface area contributed by atoms with E-state index in [0.717, 1.165) is 6.42 Å². The fourth-order valence-electron chi connectivity index (χ4n) is 1.89. The van der Waals surface area contributed by atoms with Gasteiger partial charge in [0.15, 0.2) is 0 Å². The van der Waals surface area contributed by atoms with Gasteiger partial charge in [0.2, 0.25) is 12.0 Å². The topological polar surface area (TPSA) is 75.6 Å². The van der Waals surface area contributed by atoms with Crippen molar-refractivity contribution < 1.29 is 23.8 Å². The molecule has 1 atom stereocenters. The molecule has 1 aromatic rings. The molecule has 1 fully saturated rings. The molecule has 1 aliphatic rings. The van der Waals surface area contributed by atoms with E-state index in [1.807, 2.05) is 0 Å². The van der Waals surface area contributed by atoms with Crippen molar-refractivity contribution in [3.05, 3.63) is 30.1 Å². The summed E-state index contributed by atoms with van der Waals surface area (Å²) in [6, 6.07) is 5.06. The molecule has 1 saturated carbocycles. The first-order valence-electron chi connectivity index (χ1n) is 6.96. The highest BCUT2D eigenvalue weighted by molar-refractivity contribution is 5.78. The van der Waals surface area contributed by atoms with Gasteiger partial charge in [-0.25, -0.2) is 9.18 Å². The Balaban J connectivity index is 1.79. The van der Waals surface area contributed by atoms with Crippen molar-refractivity contribution in [1.82, 2.24) is 5.32 Å². The summed E-state index contributed by atoms with van der Waals surface area (Å²) in [6.45, 7) is -0.115. The molecule has 0 aromatic heterocycles. The fourth-order valence-corrected chi connectivity index (χ4v) is 1.89. The third-order valence-corrected chi connectivity index (χ3v) is 3.33. The Morgan fingerprint density at radius 2 is 2.00 bits per heavy atom. The van der Waals surface area contributed by atoms with E-state index in [0.29, 0.717) is 12.3 Å². The predicted molar refractivity (Wildman–Crippen MR) is 73.4 cm³/mol. The smallest absolute Gasteiger partial charge is 0.346 e. The van der Waals surface area contributed by atoms with Crippen LogP contribution in [-0.4, -0.2) is 29.6 Å². The van der Waals surface area contributed by atoms with Gasteiger partial charge in [-0.05, 0) is 36.6 Å². The van der Waals surface area contributed by atoms with E-state index < -0.39 is 17.9 Å². The largest absolute Gasteiger partial charge is 0.478 e. The molecule has 114 valence electrons. The SMILES string of the molecule is O=C(CCC1CC1)NCC(Oc1ccc(F)cc1)C(=O)O. The lowest BCUT2D eigenvalue weighted by Crippen LogP contribution is -2.40. The van der Waals surface area contributed by atoms with Crippen LogP contribution in [0.3, 0.4) is 0 Å². The van der Waals surface area contributed by atoms with Gasteiger partial charge in [0.25, 0.3) is 0 Å². The number of aliphatic carboxylic acids is 1.